The van der Waals surface area contributed by atoms with Crippen molar-refractivity contribution in [3.8, 4) is 0 Å². The highest BCUT2D eigenvalue weighted by Crippen LogP contribution is 2.02. The van der Waals surface area contributed by atoms with E-state index in [9.17, 15) is 19.2 Å². The van der Waals surface area contributed by atoms with Gasteiger partial charge in [-0.1, -0.05) is 0 Å². The van der Waals surface area contributed by atoms with Crippen LogP contribution in [0.4, 0.5) is 0 Å². The van der Waals surface area contributed by atoms with Crippen LogP contribution in [0.2, 0.25) is 0 Å². The lowest BCUT2D eigenvalue weighted by molar-refractivity contribution is -0.135. The second-order valence-corrected chi connectivity index (χ2v) is 3.65. The summed E-state index contributed by atoms with van der Waals surface area (Å²) in [6.07, 6.45) is 1.36. The van der Waals surface area contributed by atoms with Crippen molar-refractivity contribution in [1.82, 2.24) is 10.6 Å². The van der Waals surface area contributed by atoms with E-state index in [1.165, 1.54) is 0 Å². The molecule has 1 aliphatic heterocycles. The molecule has 0 unspecified atom stereocenters. The van der Waals surface area contributed by atoms with Crippen LogP contribution in [0.25, 0.3) is 0 Å². The van der Waals surface area contributed by atoms with Crippen molar-refractivity contribution in [2.24, 2.45) is 0 Å². The van der Waals surface area contributed by atoms with Gasteiger partial charge in [0.1, 0.15) is 0 Å². The second-order valence-electron chi connectivity index (χ2n) is 3.65. The SMILES string of the molecule is O=C1CCCCC(=O)NC(=O)CCC(=O)N1. The van der Waals surface area contributed by atoms with E-state index in [1.54, 1.807) is 0 Å². The van der Waals surface area contributed by atoms with E-state index >= 15 is 0 Å². The molecule has 0 saturated carbocycles. The molecule has 0 atom stereocenters. The van der Waals surface area contributed by atoms with Crippen LogP contribution < -0.4 is 10.6 Å². The van der Waals surface area contributed by atoms with Gasteiger partial charge in [0.2, 0.25) is 23.6 Å². The fourth-order valence-corrected chi connectivity index (χ4v) is 1.36. The van der Waals surface area contributed by atoms with E-state index in [-0.39, 0.29) is 37.5 Å². The minimum absolute atomic E-state index is 0.0785. The molecule has 0 aromatic rings. The Hall–Kier alpha value is -1.72. The van der Waals surface area contributed by atoms with Crippen molar-refractivity contribution < 1.29 is 19.2 Å². The Morgan fingerprint density at radius 1 is 0.562 bits per heavy atom. The first kappa shape index (κ1) is 12.4. The predicted molar refractivity (Wildman–Crippen MR) is 54.0 cm³/mol. The van der Waals surface area contributed by atoms with E-state index in [0.717, 1.165) is 0 Å². The number of carbonyl (C=O) groups excluding carboxylic acids is 4. The molecule has 0 aromatic carbocycles. The molecular formula is C10H14N2O4. The molecule has 4 amide bonds. The van der Waals surface area contributed by atoms with Crippen molar-refractivity contribution in [3.63, 3.8) is 0 Å². The van der Waals surface area contributed by atoms with Crippen LogP contribution in [0.5, 0.6) is 0 Å². The number of amides is 4. The molecule has 0 aromatic heterocycles. The minimum atomic E-state index is -0.479. The van der Waals surface area contributed by atoms with E-state index in [0.29, 0.717) is 12.8 Å². The quantitative estimate of drug-likeness (QED) is 0.551. The van der Waals surface area contributed by atoms with Gasteiger partial charge in [-0.05, 0) is 12.8 Å². The first-order valence-electron chi connectivity index (χ1n) is 5.23. The van der Waals surface area contributed by atoms with Crippen molar-refractivity contribution in [1.29, 1.82) is 0 Å². The van der Waals surface area contributed by atoms with Gasteiger partial charge in [-0.25, -0.2) is 0 Å². The van der Waals surface area contributed by atoms with Crippen LogP contribution in [-0.4, -0.2) is 23.6 Å². The highest BCUT2D eigenvalue weighted by Gasteiger charge is 2.14. The number of rotatable bonds is 0. The van der Waals surface area contributed by atoms with Crippen LogP contribution in [-0.2, 0) is 19.2 Å². The van der Waals surface area contributed by atoms with Crippen molar-refractivity contribution >= 4 is 23.6 Å². The predicted octanol–water partition coefficient (Wildman–Crippen LogP) is -0.374. The Bertz CT molecular complexity index is 293. The maximum Gasteiger partial charge on any atom is 0.227 e. The molecule has 6 heteroatoms. The van der Waals surface area contributed by atoms with Crippen LogP contribution in [0.3, 0.4) is 0 Å². The van der Waals surface area contributed by atoms with Gasteiger partial charge in [0.15, 0.2) is 0 Å². The molecule has 16 heavy (non-hydrogen) atoms. The Balaban J connectivity index is 2.53. The highest BCUT2D eigenvalue weighted by molar-refractivity contribution is 5.99. The average molecular weight is 226 g/mol. The fourth-order valence-electron chi connectivity index (χ4n) is 1.36. The van der Waals surface area contributed by atoms with Crippen molar-refractivity contribution in [2.45, 2.75) is 38.5 Å². The van der Waals surface area contributed by atoms with E-state index in [4.69, 9.17) is 0 Å². The van der Waals surface area contributed by atoms with Gasteiger partial charge in [0.25, 0.3) is 0 Å². The smallest absolute Gasteiger partial charge is 0.227 e. The lowest BCUT2D eigenvalue weighted by atomic mass is 10.1. The number of carbonyl (C=O) groups is 4. The summed E-state index contributed by atoms with van der Waals surface area (Å²) in [5.74, 6) is -1.65. The molecule has 0 aliphatic carbocycles. The van der Waals surface area contributed by atoms with Gasteiger partial charge in [0.05, 0.1) is 0 Å². The molecule has 88 valence electrons. The Morgan fingerprint density at radius 2 is 0.875 bits per heavy atom. The Morgan fingerprint density at radius 3 is 1.25 bits per heavy atom. The molecule has 1 heterocycles. The second kappa shape index (κ2) is 5.99. The van der Waals surface area contributed by atoms with E-state index < -0.39 is 11.8 Å². The van der Waals surface area contributed by atoms with Crippen molar-refractivity contribution in [2.75, 3.05) is 0 Å². The third-order valence-electron chi connectivity index (χ3n) is 2.19. The number of nitrogens with one attached hydrogen (secondary N) is 2. The average Bonchev–Trinajstić information content (AvgIpc) is 2.20. The normalized spacial score (nSPS) is 20.5. The summed E-state index contributed by atoms with van der Waals surface area (Å²) < 4.78 is 0. The molecule has 0 bridgehead atoms. The summed E-state index contributed by atoms with van der Waals surface area (Å²) in [6.45, 7) is 0. The molecule has 1 saturated heterocycles. The van der Waals surface area contributed by atoms with Gasteiger partial charge in [-0.15, -0.1) is 0 Å². The van der Waals surface area contributed by atoms with Crippen LogP contribution in [0.1, 0.15) is 38.5 Å². The molecule has 2 N–H and O–H groups in total. The van der Waals surface area contributed by atoms with Crippen molar-refractivity contribution in [3.05, 3.63) is 0 Å². The van der Waals surface area contributed by atoms with Crippen LogP contribution in [0.15, 0.2) is 0 Å². The lowest BCUT2D eigenvalue weighted by Crippen LogP contribution is -2.34. The maximum atomic E-state index is 11.2. The summed E-state index contributed by atoms with van der Waals surface area (Å²) in [5.41, 5.74) is 0. The zero-order chi connectivity index (χ0) is 12.0. The molecule has 1 fully saturated rings. The fraction of sp³-hybridized carbons (Fsp3) is 0.600. The minimum Gasteiger partial charge on any atom is -0.296 e. The summed E-state index contributed by atoms with van der Waals surface area (Å²) in [5, 5.41) is 4.37. The lowest BCUT2D eigenvalue weighted by Gasteiger charge is -2.07. The number of imide groups is 2. The number of hydrogen-bond acceptors (Lipinski definition) is 4. The van der Waals surface area contributed by atoms with Gasteiger partial charge in [0, 0.05) is 25.7 Å². The third kappa shape index (κ3) is 4.68. The molecule has 6 nitrogen and oxygen atoms in total. The summed E-state index contributed by atoms with van der Waals surface area (Å²) in [4.78, 5) is 44.6. The summed E-state index contributed by atoms with van der Waals surface area (Å²) in [7, 11) is 0. The van der Waals surface area contributed by atoms with Gasteiger partial charge in [-0.2, -0.15) is 0 Å². The van der Waals surface area contributed by atoms with Gasteiger partial charge in [-0.3, -0.25) is 29.8 Å². The molecule has 1 aliphatic rings. The first-order valence-corrected chi connectivity index (χ1v) is 5.23. The maximum absolute atomic E-state index is 11.2. The van der Waals surface area contributed by atoms with E-state index in [1.807, 2.05) is 0 Å². The van der Waals surface area contributed by atoms with E-state index in [2.05, 4.69) is 10.6 Å². The third-order valence-corrected chi connectivity index (χ3v) is 2.19. The highest BCUT2D eigenvalue weighted by atomic mass is 16.2. The van der Waals surface area contributed by atoms with Crippen LogP contribution in [0, 0.1) is 0 Å². The zero-order valence-corrected chi connectivity index (χ0v) is 8.88. The monoisotopic (exact) mass is 226 g/mol. The molecular weight excluding hydrogens is 212 g/mol. The largest absolute Gasteiger partial charge is 0.296 e. The zero-order valence-electron chi connectivity index (χ0n) is 8.88. The van der Waals surface area contributed by atoms with Crippen LogP contribution >= 0.6 is 0 Å². The molecule has 0 spiro atoms. The first-order chi connectivity index (χ1) is 7.58. The summed E-state index contributed by atoms with van der Waals surface area (Å²) in [6, 6.07) is 0. The van der Waals surface area contributed by atoms with Gasteiger partial charge >= 0.3 is 0 Å². The van der Waals surface area contributed by atoms with Gasteiger partial charge < -0.3 is 0 Å². The summed E-state index contributed by atoms with van der Waals surface area (Å²) >= 11 is 0. The standard InChI is InChI=1S/C10H14N2O4/c13-7-3-1-2-4-8(14)12-10(16)6-5-9(15)11-7/h1-6H2,(H,11,13,15)(H,12,14,16). The Labute approximate surface area is 92.8 Å². The Kier molecular flexibility index (Phi) is 4.63. The molecule has 1 rings (SSSR count). The molecule has 0 radical (unpaired) electrons. The number of hydrogen-bond donors (Lipinski definition) is 2. The topological polar surface area (TPSA) is 92.3 Å².